The van der Waals surface area contributed by atoms with Crippen molar-refractivity contribution >= 4 is 34.4 Å². The largest absolute Gasteiger partial charge is 0.480 e. The average molecular weight is 574 g/mol. The van der Waals surface area contributed by atoms with Crippen LogP contribution in [0.3, 0.4) is 0 Å². The number of thioether (sulfide) groups is 1. The lowest BCUT2D eigenvalue weighted by atomic mass is 10.1. The molecule has 0 radical (unpaired) electrons. The Balaban J connectivity index is 2.13. The molecule has 2 aliphatic heterocycles. The Morgan fingerprint density at radius 1 is 1.16 bits per heavy atom. The molecule has 0 bridgehead atoms. The van der Waals surface area contributed by atoms with E-state index in [1.54, 1.807) is 0 Å². The van der Waals surface area contributed by atoms with Crippen LogP contribution in [0.25, 0.3) is 0 Å². The molecule has 0 aliphatic carbocycles. The van der Waals surface area contributed by atoms with Crippen molar-refractivity contribution in [1.82, 2.24) is 14.9 Å². The summed E-state index contributed by atoms with van der Waals surface area (Å²) in [7, 11) is -4.61. The van der Waals surface area contributed by atoms with E-state index in [-0.39, 0.29) is 16.7 Å². The maximum absolute atomic E-state index is 12.9. The quantitative estimate of drug-likeness (QED) is 0.420. The number of nitrogens with one attached hydrogen (secondary N) is 2. The van der Waals surface area contributed by atoms with Gasteiger partial charge in [0, 0.05) is 18.0 Å². The monoisotopic (exact) mass is 573 g/mol. The van der Waals surface area contributed by atoms with Gasteiger partial charge in [-0.3, -0.25) is 24.5 Å². The Bertz CT molecular complexity index is 1120. The number of hydrogen-bond acceptors (Lipinski definition) is 8. The van der Waals surface area contributed by atoms with Gasteiger partial charge in [-0.25, -0.2) is 4.79 Å². The van der Waals surface area contributed by atoms with Crippen LogP contribution in [0.1, 0.15) is 47.8 Å². The molecule has 5 unspecified atom stereocenters. The van der Waals surface area contributed by atoms with Gasteiger partial charge in [0.1, 0.15) is 23.1 Å². The third-order valence-corrected chi connectivity index (χ3v) is 19.0. The van der Waals surface area contributed by atoms with Gasteiger partial charge in [0.05, 0.1) is 6.61 Å². The van der Waals surface area contributed by atoms with E-state index in [0.29, 0.717) is 5.75 Å². The molecule has 2 fully saturated rings. The lowest BCUT2D eigenvalue weighted by Crippen LogP contribution is -2.61. The maximum Gasteiger partial charge on any atom is 0.330 e. The van der Waals surface area contributed by atoms with Gasteiger partial charge in [0.2, 0.25) is 0 Å². The van der Waals surface area contributed by atoms with Crippen LogP contribution in [0.4, 0.5) is 0 Å². The lowest BCUT2D eigenvalue weighted by molar-refractivity contribution is -0.139. The third kappa shape index (κ3) is 5.87. The molecular weight excluding hydrogens is 531 g/mol. The molecule has 0 saturated carbocycles. The first kappa shape index (κ1) is 30.3. The van der Waals surface area contributed by atoms with Gasteiger partial charge in [-0.1, -0.05) is 41.5 Å². The highest BCUT2D eigenvalue weighted by molar-refractivity contribution is 8.01. The number of aromatic amines is 1. The maximum atomic E-state index is 12.9. The number of carbonyl (C=O) groups is 1. The molecule has 3 rings (SSSR count). The van der Waals surface area contributed by atoms with Gasteiger partial charge in [-0.15, -0.1) is 11.8 Å². The average Bonchev–Trinajstić information content (AvgIpc) is 3.29. The summed E-state index contributed by atoms with van der Waals surface area (Å²) in [6, 6.07) is 0.468. The summed E-state index contributed by atoms with van der Waals surface area (Å²) in [6.45, 7) is 21.6. The second kappa shape index (κ2) is 10.1. The fourth-order valence-corrected chi connectivity index (χ4v) is 7.85. The lowest BCUT2D eigenvalue weighted by Gasteiger charge is -2.44. The second-order valence-electron chi connectivity index (χ2n) is 13.0. The van der Waals surface area contributed by atoms with Crippen LogP contribution in [-0.2, 0) is 18.4 Å². The minimum atomic E-state index is -2.43. The SMILES string of the molecule is CC(C)(C)[Si](C)(C)OCC1OC(n2ccc(=O)[nH]c2=O)C(O[Si](C)(C)C(C)(C)C)C12NC(C(=O)O)CS2. The molecule has 210 valence electrons. The Labute approximate surface area is 225 Å². The van der Waals surface area contributed by atoms with E-state index in [1.165, 1.54) is 28.6 Å². The van der Waals surface area contributed by atoms with E-state index in [0.717, 1.165) is 0 Å². The summed E-state index contributed by atoms with van der Waals surface area (Å²) in [5.74, 6) is -0.635. The summed E-state index contributed by atoms with van der Waals surface area (Å²) in [5, 5.41) is 13.0. The van der Waals surface area contributed by atoms with Crippen molar-refractivity contribution in [2.45, 2.75) is 107 Å². The summed E-state index contributed by atoms with van der Waals surface area (Å²) < 4.78 is 21.4. The first-order valence-corrected chi connectivity index (χ1v) is 19.5. The molecule has 3 N–H and O–H groups in total. The molecule has 13 heteroatoms. The fourth-order valence-electron chi connectivity index (χ4n) is 3.94. The molecule has 2 aliphatic rings. The van der Waals surface area contributed by atoms with Crippen molar-refractivity contribution in [3.8, 4) is 0 Å². The Kier molecular flexibility index (Phi) is 8.25. The van der Waals surface area contributed by atoms with Crippen molar-refractivity contribution in [2.75, 3.05) is 12.4 Å². The van der Waals surface area contributed by atoms with Gasteiger partial charge >= 0.3 is 11.7 Å². The number of hydrogen-bond donors (Lipinski definition) is 3. The second-order valence-corrected chi connectivity index (χ2v) is 23.9. The summed E-state index contributed by atoms with van der Waals surface area (Å²) in [5.41, 5.74) is -1.12. The molecule has 5 atom stereocenters. The van der Waals surface area contributed by atoms with Gasteiger partial charge in [-0.2, -0.15) is 0 Å². The highest BCUT2D eigenvalue weighted by Crippen LogP contribution is 2.52. The molecule has 0 amide bonds. The predicted molar refractivity (Wildman–Crippen MR) is 150 cm³/mol. The van der Waals surface area contributed by atoms with E-state index >= 15 is 0 Å². The zero-order valence-corrected chi connectivity index (χ0v) is 26.4. The fraction of sp³-hybridized carbons (Fsp3) is 0.792. The topological polar surface area (TPSA) is 132 Å². The Morgan fingerprint density at radius 2 is 1.76 bits per heavy atom. The number of carboxylic acids is 1. The first-order chi connectivity index (χ1) is 16.7. The number of carboxylic acid groups (broad SMARTS) is 1. The van der Waals surface area contributed by atoms with Crippen LogP contribution >= 0.6 is 11.8 Å². The van der Waals surface area contributed by atoms with Crippen LogP contribution in [0, 0.1) is 0 Å². The number of aliphatic carboxylic acids is 1. The number of aromatic nitrogens is 2. The number of ether oxygens (including phenoxy) is 1. The highest BCUT2D eigenvalue weighted by Gasteiger charge is 2.64. The standard InChI is InChI=1S/C24H43N3O7SSi2/c1-22(2,3)36(7,8)32-13-16-24(26-15(14-35-24)20(29)30)18(34-37(9,10)23(4,5)6)19(33-16)27-12-11-17(28)25-21(27)31/h11-12,15-16,18-19,26H,13-14H2,1-10H3,(H,29,30)(H,25,28,31). The zero-order chi connectivity index (χ0) is 28.2. The molecule has 1 aromatic heterocycles. The summed E-state index contributed by atoms with van der Waals surface area (Å²) >= 11 is 1.45. The minimum Gasteiger partial charge on any atom is -0.480 e. The van der Waals surface area contributed by atoms with E-state index in [9.17, 15) is 19.5 Å². The van der Waals surface area contributed by atoms with Gasteiger partial charge in [0.25, 0.3) is 5.56 Å². The molecular formula is C24H43N3O7SSi2. The van der Waals surface area contributed by atoms with Crippen molar-refractivity contribution < 1.29 is 23.5 Å². The predicted octanol–water partition coefficient (Wildman–Crippen LogP) is 3.33. The number of rotatable bonds is 7. The van der Waals surface area contributed by atoms with Crippen molar-refractivity contribution in [3.05, 3.63) is 33.1 Å². The molecule has 37 heavy (non-hydrogen) atoms. The van der Waals surface area contributed by atoms with Crippen LogP contribution in [0.15, 0.2) is 21.9 Å². The minimum absolute atomic E-state index is 0.0368. The van der Waals surface area contributed by atoms with Gasteiger partial charge < -0.3 is 18.7 Å². The number of H-pyrrole nitrogens is 1. The van der Waals surface area contributed by atoms with Crippen molar-refractivity contribution in [3.63, 3.8) is 0 Å². The first-order valence-electron chi connectivity index (χ1n) is 12.6. The van der Waals surface area contributed by atoms with Crippen LogP contribution in [-0.4, -0.2) is 72.7 Å². The van der Waals surface area contributed by atoms with Gasteiger partial charge in [-0.05, 0) is 36.3 Å². The molecule has 1 aromatic rings. The smallest absolute Gasteiger partial charge is 0.330 e. The molecule has 0 aromatic carbocycles. The Hall–Kier alpha value is -1.23. The zero-order valence-electron chi connectivity index (χ0n) is 23.6. The van der Waals surface area contributed by atoms with E-state index in [1.807, 2.05) is 0 Å². The summed E-state index contributed by atoms with van der Waals surface area (Å²) in [4.78, 5) is 38.1. The van der Waals surface area contributed by atoms with Crippen molar-refractivity contribution in [1.29, 1.82) is 0 Å². The van der Waals surface area contributed by atoms with Crippen molar-refractivity contribution in [2.24, 2.45) is 0 Å². The third-order valence-electron chi connectivity index (χ3n) is 8.41. The van der Waals surface area contributed by atoms with Crippen LogP contribution in [0.2, 0.25) is 36.3 Å². The van der Waals surface area contributed by atoms with Crippen LogP contribution in [0.5, 0.6) is 0 Å². The normalized spacial score (nSPS) is 29.2. The van der Waals surface area contributed by atoms with Gasteiger partial charge in [0.15, 0.2) is 22.9 Å². The molecule has 2 saturated heterocycles. The summed E-state index contributed by atoms with van der Waals surface area (Å²) in [6.07, 6.45) is -0.791. The van der Waals surface area contributed by atoms with Crippen LogP contribution < -0.4 is 16.6 Å². The molecule has 1 spiro atoms. The Morgan fingerprint density at radius 3 is 2.24 bits per heavy atom. The van der Waals surface area contributed by atoms with E-state index in [4.69, 9.17) is 13.6 Å². The number of nitrogens with zero attached hydrogens (tertiary/aromatic N) is 1. The highest BCUT2D eigenvalue weighted by atomic mass is 32.2. The molecule has 10 nitrogen and oxygen atoms in total. The van der Waals surface area contributed by atoms with E-state index in [2.05, 4.69) is 78.0 Å². The van der Waals surface area contributed by atoms with E-state index < -0.39 is 63.2 Å². The molecule has 3 heterocycles.